The van der Waals surface area contributed by atoms with Crippen LogP contribution >= 0.6 is 11.3 Å². The molecule has 0 aromatic carbocycles. The lowest BCUT2D eigenvalue weighted by Gasteiger charge is -2.23. The Morgan fingerprint density at radius 1 is 1.44 bits per heavy atom. The maximum Gasteiger partial charge on any atom is 0.326 e. The molecule has 1 unspecified atom stereocenters. The lowest BCUT2D eigenvalue weighted by Crippen LogP contribution is -2.40. The second-order valence-electron chi connectivity index (χ2n) is 5.21. The molecule has 18 heavy (non-hydrogen) atoms. The summed E-state index contributed by atoms with van der Waals surface area (Å²) in [5.74, 6) is -1.31. The summed E-state index contributed by atoms with van der Waals surface area (Å²) in [5, 5.41) is 8.92. The minimum Gasteiger partial charge on any atom is -0.480 e. The number of carbonyl (C=O) groups is 2. The first-order valence-electron chi connectivity index (χ1n) is 5.60. The number of carboxylic acid groups (broad SMARTS) is 1. The van der Waals surface area contributed by atoms with Crippen molar-refractivity contribution in [3.8, 4) is 0 Å². The molecule has 1 atom stereocenters. The highest BCUT2D eigenvalue weighted by atomic mass is 32.1. The monoisotopic (exact) mass is 270 g/mol. The molecule has 1 amide bonds. The Bertz CT molecular complexity index is 462. The van der Waals surface area contributed by atoms with Crippen molar-refractivity contribution >= 4 is 23.2 Å². The van der Waals surface area contributed by atoms with Crippen LogP contribution in [0.1, 0.15) is 43.1 Å². The molecule has 0 aliphatic carbocycles. The third-order valence-electron chi connectivity index (χ3n) is 2.73. The zero-order chi connectivity index (χ0) is 14.1. The van der Waals surface area contributed by atoms with Crippen molar-refractivity contribution in [3.05, 3.63) is 16.1 Å². The van der Waals surface area contributed by atoms with Crippen molar-refractivity contribution in [1.82, 2.24) is 9.88 Å². The van der Waals surface area contributed by atoms with Gasteiger partial charge < -0.3 is 10.0 Å². The van der Waals surface area contributed by atoms with Crippen LogP contribution in [0, 0.1) is 0 Å². The van der Waals surface area contributed by atoms with Gasteiger partial charge in [0.25, 0.3) is 5.91 Å². The van der Waals surface area contributed by atoms with E-state index in [1.165, 1.54) is 30.2 Å². The summed E-state index contributed by atoms with van der Waals surface area (Å²) in [6.07, 6.45) is 0. The van der Waals surface area contributed by atoms with Gasteiger partial charge in [-0.15, -0.1) is 11.3 Å². The normalized spacial score (nSPS) is 13.2. The lowest BCUT2D eigenvalue weighted by atomic mass is 9.91. The van der Waals surface area contributed by atoms with Crippen LogP contribution in [-0.4, -0.2) is 40.0 Å². The molecule has 1 aromatic heterocycles. The molecule has 1 rings (SSSR count). The number of aromatic nitrogens is 1. The maximum atomic E-state index is 12.3. The Balaban J connectivity index is 3.06. The van der Waals surface area contributed by atoms with E-state index < -0.39 is 12.0 Å². The van der Waals surface area contributed by atoms with Crippen LogP contribution in [0.2, 0.25) is 0 Å². The third kappa shape index (κ3) is 2.87. The molecular weight excluding hydrogens is 252 g/mol. The Labute approximate surface area is 110 Å². The molecule has 100 valence electrons. The molecule has 0 saturated carbocycles. The van der Waals surface area contributed by atoms with E-state index in [-0.39, 0.29) is 11.3 Å². The highest BCUT2D eigenvalue weighted by molar-refractivity contribution is 7.11. The number of nitrogens with zero attached hydrogens (tertiary/aromatic N) is 2. The minimum absolute atomic E-state index is 0.238. The van der Waals surface area contributed by atoms with E-state index in [2.05, 4.69) is 4.98 Å². The summed E-state index contributed by atoms with van der Waals surface area (Å²) in [6, 6.07) is -0.854. The molecule has 0 saturated heterocycles. The largest absolute Gasteiger partial charge is 0.480 e. The number of aliphatic carboxylic acids is 1. The molecule has 1 aromatic rings. The summed E-state index contributed by atoms with van der Waals surface area (Å²) in [5.41, 5.74) is 2.09. The van der Waals surface area contributed by atoms with E-state index >= 15 is 0 Å². The van der Waals surface area contributed by atoms with Crippen molar-refractivity contribution < 1.29 is 14.7 Å². The van der Waals surface area contributed by atoms with Crippen LogP contribution in [0.25, 0.3) is 0 Å². The zero-order valence-corrected chi connectivity index (χ0v) is 12.0. The molecule has 0 radical (unpaired) electrons. The molecule has 0 aliphatic rings. The van der Waals surface area contributed by atoms with Gasteiger partial charge in [-0.3, -0.25) is 4.79 Å². The van der Waals surface area contributed by atoms with Gasteiger partial charge in [0.15, 0.2) is 0 Å². The fraction of sp³-hybridized carbons (Fsp3) is 0.583. The number of hydrogen-bond acceptors (Lipinski definition) is 4. The quantitative estimate of drug-likeness (QED) is 0.911. The van der Waals surface area contributed by atoms with Crippen LogP contribution < -0.4 is 0 Å². The number of thiazole rings is 1. The van der Waals surface area contributed by atoms with Gasteiger partial charge in [-0.05, 0) is 6.92 Å². The summed E-state index contributed by atoms with van der Waals surface area (Å²) in [4.78, 5) is 29.1. The van der Waals surface area contributed by atoms with Crippen molar-refractivity contribution in [2.75, 3.05) is 7.05 Å². The van der Waals surface area contributed by atoms with E-state index in [0.29, 0.717) is 10.6 Å². The van der Waals surface area contributed by atoms with Gasteiger partial charge in [0, 0.05) is 12.5 Å². The van der Waals surface area contributed by atoms with Crippen molar-refractivity contribution in [3.63, 3.8) is 0 Å². The molecule has 5 nitrogen and oxygen atoms in total. The Kier molecular flexibility index (Phi) is 4.11. The molecule has 0 spiro atoms. The van der Waals surface area contributed by atoms with E-state index in [1.54, 1.807) is 5.51 Å². The van der Waals surface area contributed by atoms with Gasteiger partial charge in [-0.1, -0.05) is 20.8 Å². The van der Waals surface area contributed by atoms with Crippen molar-refractivity contribution in [2.45, 2.75) is 39.2 Å². The average molecular weight is 270 g/mol. The van der Waals surface area contributed by atoms with Gasteiger partial charge >= 0.3 is 5.97 Å². The molecule has 1 N–H and O–H groups in total. The zero-order valence-electron chi connectivity index (χ0n) is 11.2. The first kappa shape index (κ1) is 14.6. The molecule has 0 bridgehead atoms. The van der Waals surface area contributed by atoms with E-state index in [1.807, 2.05) is 20.8 Å². The smallest absolute Gasteiger partial charge is 0.326 e. The van der Waals surface area contributed by atoms with Gasteiger partial charge in [0.1, 0.15) is 10.9 Å². The molecule has 0 aliphatic heterocycles. The number of amides is 1. The number of likely N-dealkylation sites (N-methyl/N-ethyl adjacent to an activating group) is 1. The Hall–Kier alpha value is -1.43. The van der Waals surface area contributed by atoms with Crippen LogP contribution in [0.3, 0.4) is 0 Å². The maximum absolute atomic E-state index is 12.3. The van der Waals surface area contributed by atoms with Gasteiger partial charge in [-0.2, -0.15) is 0 Å². The predicted molar refractivity (Wildman–Crippen MR) is 70.0 cm³/mol. The molecule has 0 fully saturated rings. The Morgan fingerprint density at radius 3 is 2.44 bits per heavy atom. The van der Waals surface area contributed by atoms with Gasteiger partial charge in [0.2, 0.25) is 0 Å². The van der Waals surface area contributed by atoms with Gasteiger partial charge in [0.05, 0.1) is 11.2 Å². The summed E-state index contributed by atoms with van der Waals surface area (Å²) in [6.45, 7) is 7.40. The second-order valence-corrected chi connectivity index (χ2v) is 6.07. The van der Waals surface area contributed by atoms with Crippen molar-refractivity contribution in [2.24, 2.45) is 0 Å². The standard InChI is InChI=1S/C12H18N2O3S/c1-7(11(16)17)14(5)10(15)8-9(12(2,3)4)13-6-18-8/h6-7H,1-5H3,(H,16,17). The molecule has 6 heteroatoms. The number of hydrogen-bond donors (Lipinski definition) is 1. The van der Waals surface area contributed by atoms with E-state index in [9.17, 15) is 9.59 Å². The summed E-state index contributed by atoms with van der Waals surface area (Å²) in [7, 11) is 1.49. The summed E-state index contributed by atoms with van der Waals surface area (Å²) < 4.78 is 0. The van der Waals surface area contributed by atoms with Crippen LogP contribution in [0.4, 0.5) is 0 Å². The molecular formula is C12H18N2O3S. The van der Waals surface area contributed by atoms with Gasteiger partial charge in [-0.25, -0.2) is 9.78 Å². The predicted octanol–water partition coefficient (Wildman–Crippen LogP) is 1.99. The van der Waals surface area contributed by atoms with E-state index in [0.717, 1.165) is 0 Å². The van der Waals surface area contributed by atoms with Crippen molar-refractivity contribution in [1.29, 1.82) is 0 Å². The third-order valence-corrected chi connectivity index (χ3v) is 3.55. The van der Waals surface area contributed by atoms with Crippen LogP contribution in [0.15, 0.2) is 5.51 Å². The topological polar surface area (TPSA) is 70.5 Å². The fourth-order valence-electron chi connectivity index (χ4n) is 1.43. The second kappa shape index (κ2) is 5.06. The van der Waals surface area contributed by atoms with Crippen LogP contribution in [0.5, 0.6) is 0 Å². The summed E-state index contributed by atoms with van der Waals surface area (Å²) >= 11 is 1.25. The number of carbonyl (C=O) groups excluding carboxylic acids is 1. The first-order valence-corrected chi connectivity index (χ1v) is 6.48. The molecule has 1 heterocycles. The lowest BCUT2D eigenvalue weighted by molar-refractivity contribution is -0.141. The van der Waals surface area contributed by atoms with Crippen LogP contribution in [-0.2, 0) is 10.2 Å². The highest BCUT2D eigenvalue weighted by Crippen LogP contribution is 2.28. The Morgan fingerprint density at radius 2 is 2.00 bits per heavy atom. The first-order chi connectivity index (χ1) is 8.16. The highest BCUT2D eigenvalue weighted by Gasteiger charge is 2.29. The minimum atomic E-state index is -1.02. The number of rotatable bonds is 3. The fourth-order valence-corrected chi connectivity index (χ4v) is 2.41. The number of carboxylic acids is 1. The van der Waals surface area contributed by atoms with E-state index in [4.69, 9.17) is 5.11 Å². The SMILES string of the molecule is CC(C(=O)O)N(C)C(=O)c1scnc1C(C)(C)C. The average Bonchev–Trinajstić information content (AvgIpc) is 2.74.